The van der Waals surface area contributed by atoms with Crippen LogP contribution >= 0.6 is 0 Å². The Bertz CT molecular complexity index is 314. The first kappa shape index (κ1) is 9.49. The van der Waals surface area contributed by atoms with E-state index in [9.17, 15) is 5.11 Å². The number of aliphatic hydroxyl groups excluding tert-OH is 2. The Labute approximate surface area is 83.6 Å². The average molecular weight is 193 g/mol. The van der Waals surface area contributed by atoms with Crippen LogP contribution < -0.4 is 4.90 Å². The predicted octanol–water partition coefficient (Wildman–Crippen LogP) is 0.402. The number of hydrogen-bond acceptors (Lipinski definition) is 3. The molecular weight excluding hydrogens is 178 g/mol. The van der Waals surface area contributed by atoms with Gasteiger partial charge in [-0.1, -0.05) is 18.2 Å². The minimum absolute atomic E-state index is 0.168. The lowest BCUT2D eigenvalue weighted by Crippen LogP contribution is -2.32. The van der Waals surface area contributed by atoms with Crippen molar-refractivity contribution in [3.8, 4) is 0 Å². The summed E-state index contributed by atoms with van der Waals surface area (Å²) in [6, 6.07) is 8.21. The second-order valence-electron chi connectivity index (χ2n) is 3.66. The van der Waals surface area contributed by atoms with Crippen LogP contribution in [-0.4, -0.2) is 36.0 Å². The summed E-state index contributed by atoms with van der Waals surface area (Å²) in [4.78, 5) is 2.12. The molecule has 1 aromatic rings. The molecule has 0 fully saturated rings. The average Bonchev–Trinajstić information content (AvgIpc) is 2.62. The molecule has 1 heterocycles. The molecule has 0 amide bonds. The second kappa shape index (κ2) is 3.98. The monoisotopic (exact) mass is 193 g/mol. The summed E-state index contributed by atoms with van der Waals surface area (Å²) in [5.41, 5.74) is 2.53. The minimum atomic E-state index is -0.638. The number of rotatable bonds is 3. The van der Waals surface area contributed by atoms with Gasteiger partial charge in [-0.15, -0.1) is 0 Å². The molecule has 0 unspecified atom stereocenters. The smallest absolute Gasteiger partial charge is 0.0945 e. The van der Waals surface area contributed by atoms with Crippen molar-refractivity contribution in [2.24, 2.45) is 0 Å². The second-order valence-corrected chi connectivity index (χ2v) is 3.66. The van der Waals surface area contributed by atoms with E-state index in [2.05, 4.69) is 17.0 Å². The molecule has 1 aromatic carbocycles. The lowest BCUT2D eigenvalue weighted by molar-refractivity contribution is 0.100. The maximum absolute atomic E-state index is 9.35. The van der Waals surface area contributed by atoms with Crippen molar-refractivity contribution in [3.05, 3.63) is 29.8 Å². The quantitative estimate of drug-likeness (QED) is 0.730. The lowest BCUT2D eigenvalue weighted by atomic mass is 10.2. The normalized spacial score (nSPS) is 16.9. The summed E-state index contributed by atoms with van der Waals surface area (Å²) in [7, 11) is 0. The number of fused-ring (bicyclic) bond motifs is 1. The van der Waals surface area contributed by atoms with Crippen LogP contribution in [0.2, 0.25) is 0 Å². The third-order valence-electron chi connectivity index (χ3n) is 2.63. The maximum atomic E-state index is 9.35. The molecule has 0 saturated heterocycles. The van der Waals surface area contributed by atoms with Gasteiger partial charge >= 0.3 is 0 Å². The molecule has 0 bridgehead atoms. The van der Waals surface area contributed by atoms with Gasteiger partial charge in [-0.25, -0.2) is 0 Å². The summed E-state index contributed by atoms with van der Waals surface area (Å²) in [5, 5.41) is 18.1. The highest BCUT2D eigenvalue weighted by molar-refractivity contribution is 5.57. The molecular formula is C11H15NO2. The Kier molecular flexibility index (Phi) is 2.70. The fourth-order valence-corrected chi connectivity index (χ4v) is 1.91. The van der Waals surface area contributed by atoms with Gasteiger partial charge < -0.3 is 15.1 Å². The first-order valence-electron chi connectivity index (χ1n) is 4.93. The zero-order valence-electron chi connectivity index (χ0n) is 8.06. The van der Waals surface area contributed by atoms with Gasteiger partial charge in [0, 0.05) is 18.8 Å². The summed E-state index contributed by atoms with van der Waals surface area (Å²) in [5.74, 6) is 0. The molecule has 2 N–H and O–H groups in total. The van der Waals surface area contributed by atoms with Crippen LogP contribution in [-0.2, 0) is 6.42 Å². The number of anilines is 1. The predicted molar refractivity (Wildman–Crippen MR) is 55.5 cm³/mol. The van der Waals surface area contributed by atoms with E-state index in [0.29, 0.717) is 6.54 Å². The Morgan fingerprint density at radius 2 is 2.14 bits per heavy atom. The van der Waals surface area contributed by atoms with Crippen LogP contribution in [0.3, 0.4) is 0 Å². The highest BCUT2D eigenvalue weighted by Gasteiger charge is 2.19. The van der Waals surface area contributed by atoms with Gasteiger partial charge in [0.25, 0.3) is 0 Å². The molecule has 0 spiro atoms. The summed E-state index contributed by atoms with van der Waals surface area (Å²) < 4.78 is 0. The standard InChI is InChI=1S/C11H15NO2/c13-8-10(14)7-12-6-5-9-3-1-2-4-11(9)12/h1-4,10,13-14H,5-8H2/t10-/m1/s1. The number of β-amino-alcohol motifs (C(OH)–C–C–N with tert-alkyl or cyclic N) is 1. The van der Waals surface area contributed by atoms with Gasteiger partial charge in [-0.2, -0.15) is 0 Å². The third-order valence-corrected chi connectivity index (χ3v) is 2.63. The fourth-order valence-electron chi connectivity index (χ4n) is 1.91. The highest BCUT2D eigenvalue weighted by Crippen LogP contribution is 2.27. The molecule has 1 atom stereocenters. The lowest BCUT2D eigenvalue weighted by Gasteiger charge is -2.21. The van der Waals surface area contributed by atoms with Crippen molar-refractivity contribution in [1.82, 2.24) is 0 Å². The summed E-state index contributed by atoms with van der Waals surface area (Å²) in [6.07, 6.45) is 0.398. The van der Waals surface area contributed by atoms with Crippen molar-refractivity contribution in [2.75, 3.05) is 24.6 Å². The number of benzene rings is 1. The molecule has 76 valence electrons. The van der Waals surface area contributed by atoms with Gasteiger partial charge in [0.05, 0.1) is 12.7 Å². The molecule has 0 radical (unpaired) electrons. The number of hydrogen-bond donors (Lipinski definition) is 2. The van der Waals surface area contributed by atoms with E-state index in [4.69, 9.17) is 5.11 Å². The zero-order chi connectivity index (χ0) is 9.97. The van der Waals surface area contributed by atoms with Crippen molar-refractivity contribution in [2.45, 2.75) is 12.5 Å². The SMILES string of the molecule is OC[C@H](O)CN1CCc2ccccc21. The van der Waals surface area contributed by atoms with E-state index in [1.54, 1.807) is 0 Å². The van der Waals surface area contributed by atoms with E-state index in [-0.39, 0.29) is 6.61 Å². The van der Waals surface area contributed by atoms with E-state index in [1.165, 1.54) is 11.3 Å². The topological polar surface area (TPSA) is 43.7 Å². The molecule has 3 nitrogen and oxygen atoms in total. The van der Waals surface area contributed by atoms with Gasteiger partial charge in [0.15, 0.2) is 0 Å². The Morgan fingerprint density at radius 1 is 1.36 bits per heavy atom. The van der Waals surface area contributed by atoms with E-state index in [1.807, 2.05) is 12.1 Å². The number of nitrogens with zero attached hydrogens (tertiary/aromatic N) is 1. The Morgan fingerprint density at radius 3 is 2.93 bits per heavy atom. The molecule has 1 aliphatic rings. The molecule has 2 rings (SSSR count). The first-order valence-corrected chi connectivity index (χ1v) is 4.93. The maximum Gasteiger partial charge on any atom is 0.0945 e. The fraction of sp³-hybridized carbons (Fsp3) is 0.455. The summed E-state index contributed by atoms with van der Waals surface area (Å²) >= 11 is 0. The number of para-hydroxylation sites is 1. The van der Waals surface area contributed by atoms with Gasteiger partial charge in [0.1, 0.15) is 0 Å². The van der Waals surface area contributed by atoms with E-state index >= 15 is 0 Å². The van der Waals surface area contributed by atoms with E-state index in [0.717, 1.165) is 13.0 Å². The van der Waals surface area contributed by atoms with Crippen LogP contribution in [0, 0.1) is 0 Å². The molecule has 0 aliphatic carbocycles. The van der Waals surface area contributed by atoms with Crippen LogP contribution in [0.1, 0.15) is 5.56 Å². The van der Waals surface area contributed by atoms with Crippen LogP contribution in [0.5, 0.6) is 0 Å². The van der Waals surface area contributed by atoms with Crippen molar-refractivity contribution >= 4 is 5.69 Å². The van der Waals surface area contributed by atoms with Crippen LogP contribution in [0.4, 0.5) is 5.69 Å². The molecule has 3 heteroatoms. The first-order chi connectivity index (χ1) is 6.81. The number of aliphatic hydroxyl groups is 2. The zero-order valence-corrected chi connectivity index (χ0v) is 8.06. The minimum Gasteiger partial charge on any atom is -0.394 e. The molecule has 0 aromatic heterocycles. The third kappa shape index (κ3) is 1.74. The van der Waals surface area contributed by atoms with Crippen LogP contribution in [0.25, 0.3) is 0 Å². The van der Waals surface area contributed by atoms with Gasteiger partial charge in [-0.3, -0.25) is 0 Å². The van der Waals surface area contributed by atoms with Crippen molar-refractivity contribution in [3.63, 3.8) is 0 Å². The van der Waals surface area contributed by atoms with Gasteiger partial charge in [0.2, 0.25) is 0 Å². The summed E-state index contributed by atoms with van der Waals surface area (Å²) in [6.45, 7) is 1.29. The Hall–Kier alpha value is -1.06. The highest BCUT2D eigenvalue weighted by atomic mass is 16.3. The van der Waals surface area contributed by atoms with Crippen molar-refractivity contribution < 1.29 is 10.2 Å². The molecule has 1 aliphatic heterocycles. The van der Waals surface area contributed by atoms with E-state index < -0.39 is 6.10 Å². The van der Waals surface area contributed by atoms with Crippen LogP contribution in [0.15, 0.2) is 24.3 Å². The Balaban J connectivity index is 2.10. The van der Waals surface area contributed by atoms with Crippen molar-refractivity contribution in [1.29, 1.82) is 0 Å². The van der Waals surface area contributed by atoms with Gasteiger partial charge in [-0.05, 0) is 18.1 Å². The molecule has 0 saturated carbocycles. The molecule has 14 heavy (non-hydrogen) atoms. The largest absolute Gasteiger partial charge is 0.394 e.